The van der Waals surface area contributed by atoms with E-state index >= 15 is 0 Å². The zero-order valence-corrected chi connectivity index (χ0v) is 9.61. The van der Waals surface area contributed by atoms with E-state index in [1.807, 2.05) is 0 Å². The minimum absolute atomic E-state index is 0.146. The zero-order valence-electron chi connectivity index (χ0n) is 9.61. The lowest BCUT2D eigenvalue weighted by molar-refractivity contribution is -0.119. The lowest BCUT2D eigenvalue weighted by Crippen LogP contribution is -2.50. The zero-order chi connectivity index (χ0) is 11.3. The van der Waals surface area contributed by atoms with Gasteiger partial charge in [0.25, 0.3) is 0 Å². The Labute approximate surface area is 92.0 Å². The van der Waals surface area contributed by atoms with Gasteiger partial charge in [-0.2, -0.15) is 0 Å². The van der Waals surface area contributed by atoms with Gasteiger partial charge in [0.2, 0.25) is 5.91 Å². The molecule has 2 unspecified atom stereocenters. The number of primary amides is 1. The number of hydrogen-bond acceptors (Lipinski definition) is 3. The van der Waals surface area contributed by atoms with Gasteiger partial charge in [0.15, 0.2) is 0 Å². The molecule has 0 aromatic heterocycles. The van der Waals surface area contributed by atoms with E-state index in [4.69, 9.17) is 11.5 Å². The van der Waals surface area contributed by atoms with Crippen molar-refractivity contribution < 1.29 is 4.79 Å². The van der Waals surface area contributed by atoms with Crippen LogP contribution in [0.15, 0.2) is 0 Å². The summed E-state index contributed by atoms with van der Waals surface area (Å²) in [4.78, 5) is 13.3. The lowest BCUT2D eigenvalue weighted by Gasteiger charge is -2.40. The molecule has 0 aromatic carbocycles. The normalized spacial score (nSPS) is 25.1. The van der Waals surface area contributed by atoms with Gasteiger partial charge in [0.05, 0.1) is 0 Å². The molecule has 1 saturated heterocycles. The third-order valence-corrected chi connectivity index (χ3v) is 3.32. The number of carbonyl (C=O) groups is 1. The van der Waals surface area contributed by atoms with Crippen molar-refractivity contribution >= 4 is 5.91 Å². The molecular formula is C11H23N3O. The van der Waals surface area contributed by atoms with Crippen LogP contribution in [-0.2, 0) is 4.79 Å². The molecule has 2 atom stereocenters. The fourth-order valence-electron chi connectivity index (χ4n) is 2.51. The van der Waals surface area contributed by atoms with E-state index in [0.29, 0.717) is 19.0 Å². The highest BCUT2D eigenvalue weighted by Crippen LogP contribution is 2.22. The first kappa shape index (κ1) is 12.5. The van der Waals surface area contributed by atoms with E-state index < -0.39 is 0 Å². The van der Waals surface area contributed by atoms with Gasteiger partial charge in [-0.15, -0.1) is 0 Å². The molecule has 0 aliphatic carbocycles. The highest BCUT2D eigenvalue weighted by molar-refractivity contribution is 5.74. The summed E-state index contributed by atoms with van der Waals surface area (Å²) in [6, 6.07) is 0.736. The molecule has 0 spiro atoms. The van der Waals surface area contributed by atoms with Crippen molar-refractivity contribution in [3.05, 3.63) is 0 Å². The number of rotatable bonds is 5. The predicted molar refractivity (Wildman–Crippen MR) is 61.3 cm³/mol. The second-order valence-electron chi connectivity index (χ2n) is 4.36. The average molecular weight is 213 g/mol. The fraction of sp³-hybridized carbons (Fsp3) is 0.909. The average Bonchev–Trinajstić information content (AvgIpc) is 2.25. The number of amides is 1. The Hall–Kier alpha value is -0.610. The molecule has 0 bridgehead atoms. The van der Waals surface area contributed by atoms with Crippen molar-refractivity contribution in [3.8, 4) is 0 Å². The molecule has 0 aromatic rings. The first-order chi connectivity index (χ1) is 7.19. The van der Waals surface area contributed by atoms with E-state index in [2.05, 4.69) is 11.8 Å². The Morgan fingerprint density at radius 1 is 1.53 bits per heavy atom. The largest absolute Gasteiger partial charge is 0.370 e. The summed E-state index contributed by atoms with van der Waals surface area (Å²) >= 11 is 0. The number of nitrogens with two attached hydrogens (primary N) is 2. The van der Waals surface area contributed by atoms with Gasteiger partial charge >= 0.3 is 0 Å². The van der Waals surface area contributed by atoms with E-state index in [1.54, 1.807) is 0 Å². The fourth-order valence-corrected chi connectivity index (χ4v) is 2.51. The molecular weight excluding hydrogens is 190 g/mol. The molecule has 1 aliphatic rings. The third-order valence-electron chi connectivity index (χ3n) is 3.32. The smallest absolute Gasteiger partial charge is 0.219 e. The number of hydrogen-bond donors (Lipinski definition) is 2. The minimum Gasteiger partial charge on any atom is -0.370 e. The molecule has 1 rings (SSSR count). The molecule has 88 valence electrons. The van der Waals surface area contributed by atoms with Crippen molar-refractivity contribution in [3.63, 3.8) is 0 Å². The lowest BCUT2D eigenvalue weighted by atomic mass is 9.96. The summed E-state index contributed by atoms with van der Waals surface area (Å²) in [7, 11) is 0. The Morgan fingerprint density at radius 2 is 2.27 bits per heavy atom. The maximum absolute atomic E-state index is 10.9. The van der Waals surface area contributed by atoms with Crippen LogP contribution < -0.4 is 11.5 Å². The minimum atomic E-state index is -0.245. The van der Waals surface area contributed by atoms with Crippen molar-refractivity contribution in [1.29, 1.82) is 0 Å². The Balaban J connectivity index is 2.58. The second-order valence-corrected chi connectivity index (χ2v) is 4.36. The third kappa shape index (κ3) is 3.47. The number of carbonyl (C=O) groups excluding carboxylic acids is 1. The molecule has 4 heteroatoms. The number of likely N-dealkylation sites (tertiary alicyclic amines) is 1. The molecule has 4 N–H and O–H groups in total. The SMILES string of the molecule is CCC1CCCCN1C(CN)CC(N)=O. The van der Waals surface area contributed by atoms with Crippen LogP contribution in [0, 0.1) is 0 Å². The van der Waals surface area contributed by atoms with Gasteiger partial charge in [0, 0.05) is 25.0 Å². The highest BCUT2D eigenvalue weighted by atomic mass is 16.1. The monoisotopic (exact) mass is 213 g/mol. The standard InChI is InChI=1S/C11H23N3O/c1-2-9-5-3-4-6-14(9)10(8-12)7-11(13)15/h9-10H,2-8,12H2,1H3,(H2,13,15). The van der Waals surface area contributed by atoms with Gasteiger partial charge in [-0.3, -0.25) is 9.69 Å². The van der Waals surface area contributed by atoms with Crippen LogP contribution in [0.5, 0.6) is 0 Å². The van der Waals surface area contributed by atoms with Crippen LogP contribution >= 0.6 is 0 Å². The van der Waals surface area contributed by atoms with Gasteiger partial charge in [-0.05, 0) is 25.8 Å². The molecule has 1 amide bonds. The Kier molecular flexibility index (Phi) is 5.05. The van der Waals surface area contributed by atoms with Crippen LogP contribution in [0.2, 0.25) is 0 Å². The van der Waals surface area contributed by atoms with Crippen LogP contribution in [-0.4, -0.2) is 36.0 Å². The second kappa shape index (κ2) is 6.08. The van der Waals surface area contributed by atoms with Crippen molar-refractivity contribution in [2.75, 3.05) is 13.1 Å². The number of piperidine rings is 1. The summed E-state index contributed by atoms with van der Waals surface area (Å²) in [6.07, 6.45) is 5.27. The molecule has 0 saturated carbocycles. The van der Waals surface area contributed by atoms with Gasteiger partial charge in [-0.1, -0.05) is 13.3 Å². The topological polar surface area (TPSA) is 72.3 Å². The van der Waals surface area contributed by atoms with Gasteiger partial charge in [0.1, 0.15) is 0 Å². The Bertz CT molecular complexity index is 208. The molecule has 15 heavy (non-hydrogen) atoms. The first-order valence-electron chi connectivity index (χ1n) is 5.93. The molecule has 1 aliphatic heterocycles. The maximum Gasteiger partial charge on any atom is 0.219 e. The van der Waals surface area contributed by atoms with Crippen LogP contribution in [0.4, 0.5) is 0 Å². The summed E-state index contributed by atoms with van der Waals surface area (Å²) in [5, 5.41) is 0. The maximum atomic E-state index is 10.9. The molecule has 1 heterocycles. The summed E-state index contributed by atoms with van der Waals surface area (Å²) in [5.74, 6) is -0.245. The van der Waals surface area contributed by atoms with Crippen LogP contribution in [0.25, 0.3) is 0 Å². The van der Waals surface area contributed by atoms with E-state index in [-0.39, 0.29) is 11.9 Å². The van der Waals surface area contributed by atoms with Crippen molar-refractivity contribution in [2.45, 2.75) is 51.1 Å². The van der Waals surface area contributed by atoms with Gasteiger partial charge in [-0.25, -0.2) is 0 Å². The van der Waals surface area contributed by atoms with Gasteiger partial charge < -0.3 is 11.5 Å². The number of nitrogens with zero attached hydrogens (tertiary/aromatic N) is 1. The Morgan fingerprint density at radius 3 is 2.80 bits per heavy atom. The summed E-state index contributed by atoms with van der Waals surface area (Å²) < 4.78 is 0. The van der Waals surface area contributed by atoms with E-state index in [9.17, 15) is 4.79 Å². The van der Waals surface area contributed by atoms with E-state index in [1.165, 1.54) is 19.3 Å². The van der Waals surface area contributed by atoms with Crippen LogP contribution in [0.3, 0.4) is 0 Å². The highest BCUT2D eigenvalue weighted by Gasteiger charge is 2.27. The van der Waals surface area contributed by atoms with E-state index in [0.717, 1.165) is 13.0 Å². The first-order valence-corrected chi connectivity index (χ1v) is 5.93. The quantitative estimate of drug-likeness (QED) is 0.696. The summed E-state index contributed by atoms with van der Waals surface area (Å²) in [5.41, 5.74) is 11.0. The molecule has 1 fully saturated rings. The summed E-state index contributed by atoms with van der Waals surface area (Å²) in [6.45, 7) is 3.79. The molecule has 0 radical (unpaired) electrons. The van der Waals surface area contributed by atoms with Crippen molar-refractivity contribution in [1.82, 2.24) is 4.90 Å². The molecule has 4 nitrogen and oxygen atoms in total. The van der Waals surface area contributed by atoms with Crippen LogP contribution in [0.1, 0.15) is 39.0 Å². The van der Waals surface area contributed by atoms with Crippen molar-refractivity contribution in [2.24, 2.45) is 11.5 Å². The predicted octanol–water partition coefficient (Wildman–Crippen LogP) is 0.454.